The highest BCUT2D eigenvalue weighted by Gasteiger charge is 2.34. The molecule has 98 valence electrons. The Kier molecular flexibility index (Phi) is 5.87. The van der Waals surface area contributed by atoms with E-state index in [1.807, 2.05) is 0 Å². The Bertz CT molecular complexity index is 305. The van der Waals surface area contributed by atoms with Gasteiger partial charge in [0.05, 0.1) is 0 Å². The molecule has 0 aromatic heterocycles. The number of Topliss-reactive ketones (excluding diaryl/α,β-unsaturated/α-hetero) is 1. The number of imide groups is 1. The second-order valence-corrected chi connectivity index (χ2v) is 4.50. The van der Waals surface area contributed by atoms with E-state index in [0.717, 1.165) is 19.3 Å². The Balaban J connectivity index is 0.00000137. The largest absolute Gasteiger partial charge is 0.300 e. The molecule has 17 heavy (non-hydrogen) atoms. The van der Waals surface area contributed by atoms with Gasteiger partial charge in [-0.3, -0.25) is 14.5 Å². The van der Waals surface area contributed by atoms with Crippen LogP contribution in [0.15, 0.2) is 0 Å². The second-order valence-electron chi connectivity index (χ2n) is 4.50. The second kappa shape index (κ2) is 7.20. The summed E-state index contributed by atoms with van der Waals surface area (Å²) in [5.41, 5.74) is 0. The van der Waals surface area contributed by atoms with Gasteiger partial charge in [0.15, 0.2) is 0 Å². The van der Waals surface area contributed by atoms with Crippen LogP contribution in [0.5, 0.6) is 0 Å². The standard InChI is InChI=1S/C12H19NO3.CH4/c1-9-8-11(15)13(12(9)16)7-5-3-4-6-10(2)14;/h9H,3-8H2,1-2H3;1H4/i;1D. The first-order valence-electron chi connectivity index (χ1n) is 6.86. The van der Waals surface area contributed by atoms with Crippen LogP contribution in [-0.2, 0) is 14.4 Å². The van der Waals surface area contributed by atoms with Crippen LogP contribution in [0, 0.1) is 5.92 Å². The van der Waals surface area contributed by atoms with E-state index in [1.165, 1.54) is 12.3 Å². The molecule has 1 unspecified atom stereocenters. The molecule has 0 saturated carbocycles. The van der Waals surface area contributed by atoms with E-state index in [1.54, 1.807) is 13.8 Å². The van der Waals surface area contributed by atoms with Crippen LogP contribution in [0.3, 0.4) is 0 Å². The van der Waals surface area contributed by atoms with E-state index in [4.69, 9.17) is 1.37 Å². The molecule has 1 saturated heterocycles. The quantitative estimate of drug-likeness (QED) is 0.530. The van der Waals surface area contributed by atoms with Crippen LogP contribution >= 0.6 is 0 Å². The summed E-state index contributed by atoms with van der Waals surface area (Å²) in [7, 11) is 1.25. The molecular weight excluding hydrogens is 218 g/mol. The molecule has 2 amide bonds. The Morgan fingerprint density at radius 1 is 1.41 bits per heavy atom. The van der Waals surface area contributed by atoms with Crippen LogP contribution in [0.25, 0.3) is 0 Å². The summed E-state index contributed by atoms with van der Waals surface area (Å²) >= 11 is 0. The molecule has 1 rings (SSSR count). The molecular formula is C13H23NO3. The minimum absolute atomic E-state index is 0.0448. The van der Waals surface area contributed by atoms with E-state index in [2.05, 4.69) is 0 Å². The molecule has 0 N–H and O–H groups in total. The van der Waals surface area contributed by atoms with E-state index >= 15 is 0 Å². The minimum Gasteiger partial charge on any atom is -0.300 e. The number of hydrogen-bond donors (Lipinski definition) is 0. The fourth-order valence-corrected chi connectivity index (χ4v) is 1.90. The first-order chi connectivity index (χ1) is 8.52. The van der Waals surface area contributed by atoms with Crippen LogP contribution in [-0.4, -0.2) is 29.0 Å². The molecule has 0 radical (unpaired) electrons. The third-order valence-corrected chi connectivity index (χ3v) is 2.88. The molecule has 0 aromatic rings. The van der Waals surface area contributed by atoms with Crippen molar-refractivity contribution in [1.29, 1.82) is 0 Å². The smallest absolute Gasteiger partial charge is 0.232 e. The predicted octanol–water partition coefficient (Wildman–Crippen LogP) is 2.17. The number of likely N-dealkylation sites (tertiary alicyclic amines) is 1. The highest BCUT2D eigenvalue weighted by molar-refractivity contribution is 6.03. The first-order valence-corrected chi connectivity index (χ1v) is 5.86. The van der Waals surface area contributed by atoms with Gasteiger partial charge in [-0.15, -0.1) is 0 Å². The van der Waals surface area contributed by atoms with Crippen molar-refractivity contribution in [3.63, 3.8) is 0 Å². The maximum Gasteiger partial charge on any atom is 0.232 e. The summed E-state index contributed by atoms with van der Waals surface area (Å²) in [6, 6.07) is 0. The third kappa shape index (κ3) is 4.67. The number of unbranched alkanes of at least 4 members (excludes halogenated alkanes) is 2. The number of nitrogens with zero attached hydrogens (tertiary/aromatic N) is 1. The SMILES string of the molecule is CC(=O)CCCCCN1C(=O)CC(C)C1=O.[2H]C. The van der Waals surface area contributed by atoms with Crippen molar-refractivity contribution >= 4 is 17.6 Å². The summed E-state index contributed by atoms with van der Waals surface area (Å²) < 4.78 is 5.75. The molecule has 1 aliphatic heterocycles. The molecule has 0 aromatic carbocycles. The maximum atomic E-state index is 11.5. The van der Waals surface area contributed by atoms with E-state index in [0.29, 0.717) is 19.4 Å². The van der Waals surface area contributed by atoms with Crippen molar-refractivity contribution in [3.8, 4) is 0 Å². The van der Waals surface area contributed by atoms with Crippen molar-refractivity contribution in [2.24, 2.45) is 5.92 Å². The molecule has 1 aliphatic rings. The Labute approximate surface area is 105 Å². The predicted molar refractivity (Wildman–Crippen MR) is 66.4 cm³/mol. The Hall–Kier alpha value is -1.19. The van der Waals surface area contributed by atoms with Gasteiger partial charge >= 0.3 is 0 Å². The van der Waals surface area contributed by atoms with Gasteiger partial charge in [0.25, 0.3) is 0 Å². The number of amides is 2. The summed E-state index contributed by atoms with van der Waals surface area (Å²) in [5.74, 6) is -0.0488. The van der Waals surface area contributed by atoms with Crippen molar-refractivity contribution < 1.29 is 15.8 Å². The zero-order valence-corrected chi connectivity index (χ0v) is 11.0. The number of hydrogen-bond acceptors (Lipinski definition) is 3. The molecule has 1 heterocycles. The minimum atomic E-state index is -0.148. The lowest BCUT2D eigenvalue weighted by atomic mass is 10.1. The van der Waals surface area contributed by atoms with Crippen molar-refractivity contribution in [3.05, 3.63) is 0 Å². The zero-order chi connectivity index (χ0) is 14.1. The molecule has 0 spiro atoms. The maximum absolute atomic E-state index is 11.5. The molecule has 1 atom stereocenters. The van der Waals surface area contributed by atoms with Crippen LogP contribution < -0.4 is 0 Å². The van der Waals surface area contributed by atoms with Gasteiger partial charge in [-0.05, 0) is 19.8 Å². The number of rotatable bonds is 6. The van der Waals surface area contributed by atoms with E-state index in [9.17, 15) is 14.4 Å². The van der Waals surface area contributed by atoms with Crippen molar-refractivity contribution in [1.82, 2.24) is 4.90 Å². The lowest BCUT2D eigenvalue weighted by Crippen LogP contribution is -2.31. The van der Waals surface area contributed by atoms with Crippen molar-refractivity contribution in [2.75, 3.05) is 6.54 Å². The zero-order valence-electron chi connectivity index (χ0n) is 12.0. The van der Waals surface area contributed by atoms with Crippen molar-refractivity contribution in [2.45, 2.75) is 53.4 Å². The molecule has 4 heteroatoms. The number of carbonyl (C=O) groups excluding carboxylic acids is 3. The van der Waals surface area contributed by atoms with Crippen LogP contribution in [0.4, 0.5) is 0 Å². The molecule has 0 aliphatic carbocycles. The van der Waals surface area contributed by atoms with Crippen LogP contribution in [0.2, 0.25) is 0 Å². The van der Waals surface area contributed by atoms with Gasteiger partial charge < -0.3 is 4.79 Å². The summed E-state index contributed by atoms with van der Waals surface area (Å²) in [6.07, 6.45) is 3.49. The van der Waals surface area contributed by atoms with Gasteiger partial charge in [-0.2, -0.15) is 0 Å². The van der Waals surface area contributed by atoms with Gasteiger partial charge in [0.2, 0.25) is 11.8 Å². The number of carbonyl (C=O) groups is 3. The number of ketones is 1. The fourth-order valence-electron chi connectivity index (χ4n) is 1.90. The Morgan fingerprint density at radius 3 is 2.53 bits per heavy atom. The highest BCUT2D eigenvalue weighted by atomic mass is 16.2. The lowest BCUT2D eigenvalue weighted by molar-refractivity contribution is -0.139. The normalized spacial score (nSPS) is 19.8. The third-order valence-electron chi connectivity index (χ3n) is 2.88. The summed E-state index contributed by atoms with van der Waals surface area (Å²) in [5, 5.41) is 0. The molecule has 4 nitrogen and oxygen atoms in total. The van der Waals surface area contributed by atoms with Gasteiger partial charge in [-0.25, -0.2) is 0 Å². The van der Waals surface area contributed by atoms with Gasteiger partial charge in [0.1, 0.15) is 5.78 Å². The molecule has 1 fully saturated rings. The first kappa shape index (κ1) is 13.9. The van der Waals surface area contributed by atoms with Gasteiger partial charge in [0, 0.05) is 26.7 Å². The van der Waals surface area contributed by atoms with E-state index in [-0.39, 0.29) is 23.5 Å². The van der Waals surface area contributed by atoms with Gasteiger partial charge in [-0.1, -0.05) is 20.7 Å². The lowest BCUT2D eigenvalue weighted by Gasteiger charge is -2.13. The average molecular weight is 242 g/mol. The molecule has 0 bridgehead atoms. The monoisotopic (exact) mass is 242 g/mol. The van der Waals surface area contributed by atoms with Crippen LogP contribution in [0.1, 0.15) is 54.7 Å². The summed E-state index contributed by atoms with van der Waals surface area (Å²) in [4.78, 5) is 35.0. The fraction of sp³-hybridized carbons (Fsp3) is 0.769. The highest BCUT2D eigenvalue weighted by Crippen LogP contribution is 2.19. The Morgan fingerprint density at radius 2 is 2.06 bits per heavy atom. The summed E-state index contributed by atoms with van der Waals surface area (Å²) in [6.45, 7) is 3.88. The van der Waals surface area contributed by atoms with E-state index < -0.39 is 0 Å². The average Bonchev–Trinajstić information content (AvgIpc) is 2.57. The topological polar surface area (TPSA) is 54.5 Å².